The largest absolute Gasteiger partial charge is 0.435 e. The summed E-state index contributed by atoms with van der Waals surface area (Å²) in [6.45, 7) is -1.49. The van der Waals surface area contributed by atoms with Crippen molar-refractivity contribution in [1.82, 2.24) is 4.98 Å². The average molecular weight is 364 g/mol. The molecule has 8 heteroatoms. The molecule has 0 saturated carbocycles. The molecular weight excluding hydrogens is 349 g/mol. The van der Waals surface area contributed by atoms with E-state index in [9.17, 15) is 13.2 Å². The molecule has 1 fully saturated rings. The van der Waals surface area contributed by atoms with Crippen molar-refractivity contribution < 1.29 is 27.1 Å². The predicted octanol–water partition coefficient (Wildman–Crippen LogP) is 4.15. The zero-order valence-electron chi connectivity index (χ0n) is 13.6. The van der Waals surface area contributed by atoms with Crippen LogP contribution in [0.25, 0.3) is 11.1 Å². The lowest BCUT2D eigenvalue weighted by Gasteiger charge is -2.32. The molecule has 1 aliphatic heterocycles. The number of hydrogen-bond donors (Lipinski definition) is 0. The first-order valence-electron chi connectivity index (χ1n) is 8.06. The van der Waals surface area contributed by atoms with E-state index in [1.165, 1.54) is 30.3 Å². The zero-order chi connectivity index (χ0) is 18.1. The van der Waals surface area contributed by atoms with Crippen LogP contribution in [-0.2, 0) is 4.74 Å². The Morgan fingerprint density at radius 2 is 2.08 bits per heavy atom. The van der Waals surface area contributed by atoms with E-state index in [0.717, 1.165) is 5.56 Å². The number of rotatable bonds is 4. The van der Waals surface area contributed by atoms with Gasteiger partial charge in [-0.3, -0.25) is 0 Å². The summed E-state index contributed by atoms with van der Waals surface area (Å²) in [5, 5.41) is 0. The van der Waals surface area contributed by atoms with Gasteiger partial charge in [-0.25, -0.2) is 4.39 Å². The fourth-order valence-corrected chi connectivity index (χ4v) is 2.94. The van der Waals surface area contributed by atoms with Gasteiger partial charge in [0.2, 0.25) is 0 Å². The third-order valence-electron chi connectivity index (χ3n) is 4.13. The topological polar surface area (TPSA) is 47.7 Å². The van der Waals surface area contributed by atoms with E-state index in [4.69, 9.17) is 9.15 Å². The Morgan fingerprint density at radius 1 is 1.19 bits per heavy atom. The molecule has 1 aromatic heterocycles. The van der Waals surface area contributed by atoms with Crippen molar-refractivity contribution in [2.24, 2.45) is 0 Å². The standard InChI is InChI=1S/C18H15F3N2O3/c19-12-4-5-15-14(9-12)22-18(26-15)23-6-7-24-16(10-23)11-2-1-3-13(8-11)25-17(20)21/h1-5,8-9,16-17H,6-7,10H2. The van der Waals surface area contributed by atoms with E-state index in [0.29, 0.717) is 36.8 Å². The van der Waals surface area contributed by atoms with Gasteiger partial charge in [-0.05, 0) is 29.8 Å². The highest BCUT2D eigenvalue weighted by atomic mass is 19.3. The fraction of sp³-hybridized carbons (Fsp3) is 0.278. The third-order valence-corrected chi connectivity index (χ3v) is 4.13. The van der Waals surface area contributed by atoms with Crippen LogP contribution in [0.4, 0.5) is 19.2 Å². The Kier molecular flexibility index (Phi) is 4.42. The lowest BCUT2D eigenvalue weighted by atomic mass is 10.1. The number of nitrogens with zero attached hydrogens (tertiary/aromatic N) is 2. The summed E-state index contributed by atoms with van der Waals surface area (Å²) in [4.78, 5) is 6.20. The number of morpholine rings is 1. The SMILES string of the molecule is Fc1ccc2oc(N3CCOC(c4cccc(OC(F)F)c4)C3)nc2c1. The van der Waals surface area contributed by atoms with Crippen LogP contribution in [0.3, 0.4) is 0 Å². The van der Waals surface area contributed by atoms with Crippen molar-refractivity contribution in [2.45, 2.75) is 12.7 Å². The molecule has 1 saturated heterocycles. The minimum atomic E-state index is -2.88. The molecule has 136 valence electrons. The highest BCUT2D eigenvalue weighted by molar-refractivity contribution is 5.74. The number of halogens is 3. The van der Waals surface area contributed by atoms with E-state index >= 15 is 0 Å². The molecule has 0 radical (unpaired) electrons. The van der Waals surface area contributed by atoms with Crippen molar-refractivity contribution >= 4 is 17.1 Å². The highest BCUT2D eigenvalue weighted by Gasteiger charge is 2.26. The van der Waals surface area contributed by atoms with E-state index in [1.54, 1.807) is 12.1 Å². The van der Waals surface area contributed by atoms with Crippen molar-refractivity contribution in [1.29, 1.82) is 0 Å². The Hall–Kier alpha value is -2.74. The molecule has 3 aromatic rings. The van der Waals surface area contributed by atoms with Crippen LogP contribution >= 0.6 is 0 Å². The lowest BCUT2D eigenvalue weighted by molar-refractivity contribution is -0.0501. The molecule has 1 atom stereocenters. The highest BCUT2D eigenvalue weighted by Crippen LogP contribution is 2.30. The lowest BCUT2D eigenvalue weighted by Crippen LogP contribution is -2.38. The van der Waals surface area contributed by atoms with Gasteiger partial charge in [0.05, 0.1) is 13.2 Å². The van der Waals surface area contributed by atoms with Crippen LogP contribution in [0.15, 0.2) is 46.9 Å². The van der Waals surface area contributed by atoms with Gasteiger partial charge in [0.1, 0.15) is 23.2 Å². The van der Waals surface area contributed by atoms with Crippen LogP contribution in [-0.4, -0.2) is 31.3 Å². The zero-order valence-corrected chi connectivity index (χ0v) is 13.6. The molecule has 0 aliphatic carbocycles. The van der Waals surface area contributed by atoms with Crippen LogP contribution in [0, 0.1) is 5.82 Å². The molecule has 1 aliphatic rings. The van der Waals surface area contributed by atoms with Crippen LogP contribution in [0.2, 0.25) is 0 Å². The number of ether oxygens (including phenoxy) is 2. The maximum atomic E-state index is 13.3. The normalized spacial score (nSPS) is 17.8. The van der Waals surface area contributed by atoms with Gasteiger partial charge >= 0.3 is 6.61 Å². The van der Waals surface area contributed by atoms with Crippen LogP contribution in [0.5, 0.6) is 5.75 Å². The summed E-state index contributed by atoms with van der Waals surface area (Å²) in [6, 6.07) is 10.9. The van der Waals surface area contributed by atoms with Crippen molar-refractivity contribution in [3.63, 3.8) is 0 Å². The number of hydrogen-bond acceptors (Lipinski definition) is 5. The molecule has 2 aromatic carbocycles. The van der Waals surface area contributed by atoms with E-state index in [2.05, 4.69) is 9.72 Å². The number of anilines is 1. The number of alkyl halides is 2. The Morgan fingerprint density at radius 3 is 2.92 bits per heavy atom. The van der Waals surface area contributed by atoms with E-state index in [1.807, 2.05) is 4.90 Å². The average Bonchev–Trinajstić information content (AvgIpc) is 3.05. The van der Waals surface area contributed by atoms with Gasteiger partial charge in [0.25, 0.3) is 6.01 Å². The summed E-state index contributed by atoms with van der Waals surface area (Å²) >= 11 is 0. The van der Waals surface area contributed by atoms with E-state index < -0.39 is 6.61 Å². The molecular formula is C18H15F3N2O3. The first-order chi connectivity index (χ1) is 12.6. The minimum Gasteiger partial charge on any atom is -0.435 e. The summed E-state index contributed by atoms with van der Waals surface area (Å²) in [7, 11) is 0. The molecule has 0 amide bonds. The summed E-state index contributed by atoms with van der Waals surface area (Å²) < 4.78 is 54.0. The van der Waals surface area contributed by atoms with Gasteiger partial charge in [0, 0.05) is 12.6 Å². The van der Waals surface area contributed by atoms with Gasteiger partial charge < -0.3 is 18.8 Å². The Balaban J connectivity index is 1.55. The molecule has 4 rings (SSSR count). The number of benzene rings is 2. The monoisotopic (exact) mass is 364 g/mol. The maximum absolute atomic E-state index is 13.3. The van der Waals surface area contributed by atoms with E-state index in [-0.39, 0.29) is 17.7 Å². The second kappa shape index (κ2) is 6.87. The van der Waals surface area contributed by atoms with Crippen LogP contribution in [0.1, 0.15) is 11.7 Å². The van der Waals surface area contributed by atoms with Crippen LogP contribution < -0.4 is 9.64 Å². The summed E-state index contributed by atoms with van der Waals surface area (Å²) in [6.07, 6.45) is -0.350. The van der Waals surface area contributed by atoms with Gasteiger partial charge in [0.15, 0.2) is 5.58 Å². The molecule has 2 heterocycles. The fourth-order valence-electron chi connectivity index (χ4n) is 2.94. The van der Waals surface area contributed by atoms with Crippen molar-refractivity contribution in [2.75, 3.05) is 24.6 Å². The first kappa shape index (κ1) is 16.7. The third kappa shape index (κ3) is 3.45. The van der Waals surface area contributed by atoms with Gasteiger partial charge in [-0.2, -0.15) is 13.8 Å². The first-order valence-corrected chi connectivity index (χ1v) is 8.06. The Labute approximate surface area is 146 Å². The van der Waals surface area contributed by atoms with Crippen molar-refractivity contribution in [3.05, 3.63) is 53.8 Å². The molecule has 0 N–H and O–H groups in total. The molecule has 26 heavy (non-hydrogen) atoms. The predicted molar refractivity (Wildman–Crippen MR) is 87.9 cm³/mol. The second-order valence-corrected chi connectivity index (χ2v) is 5.86. The molecule has 1 unspecified atom stereocenters. The van der Waals surface area contributed by atoms with Crippen molar-refractivity contribution in [3.8, 4) is 5.75 Å². The number of oxazole rings is 1. The summed E-state index contributed by atoms with van der Waals surface area (Å²) in [5.74, 6) is -0.302. The maximum Gasteiger partial charge on any atom is 0.387 e. The second-order valence-electron chi connectivity index (χ2n) is 5.86. The quantitative estimate of drug-likeness (QED) is 0.696. The molecule has 5 nitrogen and oxygen atoms in total. The van der Waals surface area contributed by atoms with Gasteiger partial charge in [-0.15, -0.1) is 0 Å². The smallest absolute Gasteiger partial charge is 0.387 e. The molecule has 0 bridgehead atoms. The van der Waals surface area contributed by atoms with Gasteiger partial charge in [-0.1, -0.05) is 12.1 Å². The summed E-state index contributed by atoms with van der Waals surface area (Å²) in [5.41, 5.74) is 1.65. The molecule has 0 spiro atoms. The number of fused-ring (bicyclic) bond motifs is 1. The Bertz CT molecular complexity index is 916. The number of aromatic nitrogens is 1. The minimum absolute atomic E-state index is 0.0792.